The highest BCUT2D eigenvalue weighted by Gasteiger charge is 2.11. The first-order chi connectivity index (χ1) is 13.1. The minimum atomic E-state index is -0.422. The summed E-state index contributed by atoms with van der Waals surface area (Å²) in [6.45, 7) is 2.41. The summed E-state index contributed by atoms with van der Waals surface area (Å²) in [5, 5.41) is 13.3. The van der Waals surface area contributed by atoms with Gasteiger partial charge in [0.25, 0.3) is 5.91 Å². The van der Waals surface area contributed by atoms with Crippen LogP contribution in [-0.2, 0) is 11.2 Å². The monoisotopic (exact) mass is 375 g/mol. The third-order valence-corrected chi connectivity index (χ3v) is 4.54. The van der Waals surface area contributed by atoms with Gasteiger partial charge in [-0.3, -0.25) is 4.79 Å². The number of nitrogens with one attached hydrogen (secondary N) is 1. The van der Waals surface area contributed by atoms with Crippen LogP contribution in [0, 0.1) is 18.3 Å². The van der Waals surface area contributed by atoms with Crippen LogP contribution in [0.25, 0.3) is 17.0 Å². The highest BCUT2D eigenvalue weighted by Crippen LogP contribution is 2.24. The molecule has 0 bridgehead atoms. The van der Waals surface area contributed by atoms with Crippen LogP contribution >= 0.6 is 11.6 Å². The smallest absolute Gasteiger partial charge is 0.261 e. The SMILES string of the molecule is Cc1cccc2cc(/C=C(\C#N)C(=O)NCCc3ccccc3)c(Cl)nc12. The van der Waals surface area contributed by atoms with Crippen LogP contribution in [0.5, 0.6) is 0 Å². The van der Waals surface area contributed by atoms with Crippen LogP contribution in [0.15, 0.2) is 60.2 Å². The molecule has 1 N–H and O–H groups in total. The van der Waals surface area contributed by atoms with Gasteiger partial charge in [-0.15, -0.1) is 0 Å². The third kappa shape index (κ3) is 4.52. The molecule has 1 heterocycles. The van der Waals surface area contributed by atoms with Gasteiger partial charge in [-0.25, -0.2) is 4.98 Å². The lowest BCUT2D eigenvalue weighted by atomic mass is 10.1. The number of halogens is 1. The van der Waals surface area contributed by atoms with E-state index >= 15 is 0 Å². The molecule has 0 fully saturated rings. The third-order valence-electron chi connectivity index (χ3n) is 4.24. The number of para-hydroxylation sites is 1. The van der Waals surface area contributed by atoms with Crippen LogP contribution in [0.4, 0.5) is 0 Å². The number of nitriles is 1. The van der Waals surface area contributed by atoms with Crippen molar-refractivity contribution in [1.29, 1.82) is 5.26 Å². The van der Waals surface area contributed by atoms with Crippen LogP contribution in [0.3, 0.4) is 0 Å². The molecule has 0 atom stereocenters. The maximum Gasteiger partial charge on any atom is 0.261 e. The van der Waals surface area contributed by atoms with Crippen molar-refractivity contribution in [3.63, 3.8) is 0 Å². The molecule has 5 heteroatoms. The van der Waals surface area contributed by atoms with Crippen molar-refractivity contribution in [2.24, 2.45) is 0 Å². The summed E-state index contributed by atoms with van der Waals surface area (Å²) in [4.78, 5) is 16.7. The highest BCUT2D eigenvalue weighted by molar-refractivity contribution is 6.31. The van der Waals surface area contributed by atoms with Gasteiger partial charge in [-0.1, -0.05) is 60.1 Å². The molecule has 1 aromatic heterocycles. The van der Waals surface area contributed by atoms with Gasteiger partial charge in [-0.2, -0.15) is 5.26 Å². The molecular weight excluding hydrogens is 358 g/mol. The summed E-state index contributed by atoms with van der Waals surface area (Å²) >= 11 is 6.27. The molecule has 3 rings (SSSR count). The zero-order chi connectivity index (χ0) is 19.2. The quantitative estimate of drug-likeness (QED) is 0.406. The van der Waals surface area contributed by atoms with Crippen molar-refractivity contribution in [3.8, 4) is 6.07 Å². The minimum Gasteiger partial charge on any atom is -0.351 e. The second kappa shape index (κ2) is 8.48. The van der Waals surface area contributed by atoms with Gasteiger partial charge in [0.1, 0.15) is 16.8 Å². The van der Waals surface area contributed by atoms with Crippen molar-refractivity contribution in [1.82, 2.24) is 10.3 Å². The van der Waals surface area contributed by atoms with Gasteiger partial charge in [0, 0.05) is 17.5 Å². The number of aryl methyl sites for hydroxylation is 1. The number of nitrogens with zero attached hydrogens (tertiary/aromatic N) is 2. The number of carbonyl (C=O) groups excluding carboxylic acids is 1. The van der Waals surface area contributed by atoms with E-state index in [4.69, 9.17) is 11.6 Å². The maximum absolute atomic E-state index is 12.3. The van der Waals surface area contributed by atoms with E-state index in [9.17, 15) is 10.1 Å². The van der Waals surface area contributed by atoms with Crippen LogP contribution in [-0.4, -0.2) is 17.4 Å². The van der Waals surface area contributed by atoms with Gasteiger partial charge in [0.05, 0.1) is 5.52 Å². The minimum absolute atomic E-state index is 0.00114. The van der Waals surface area contributed by atoms with Crippen molar-refractivity contribution in [3.05, 3.63) is 82.0 Å². The van der Waals surface area contributed by atoms with E-state index in [2.05, 4.69) is 10.3 Å². The van der Waals surface area contributed by atoms with Crippen LogP contribution in [0.1, 0.15) is 16.7 Å². The normalized spacial score (nSPS) is 11.2. The number of rotatable bonds is 5. The Morgan fingerprint density at radius 3 is 2.74 bits per heavy atom. The van der Waals surface area contributed by atoms with E-state index < -0.39 is 5.91 Å². The molecule has 1 amide bonds. The lowest BCUT2D eigenvalue weighted by Gasteiger charge is -2.07. The average Bonchev–Trinajstić information content (AvgIpc) is 2.68. The topological polar surface area (TPSA) is 65.8 Å². The molecule has 4 nitrogen and oxygen atoms in total. The number of amides is 1. The fourth-order valence-electron chi connectivity index (χ4n) is 2.81. The van der Waals surface area contributed by atoms with Crippen molar-refractivity contribution >= 4 is 34.5 Å². The fraction of sp³-hybridized carbons (Fsp3) is 0.136. The lowest BCUT2D eigenvalue weighted by Crippen LogP contribution is -2.26. The fourth-order valence-corrected chi connectivity index (χ4v) is 3.00. The van der Waals surface area contributed by atoms with E-state index in [1.54, 1.807) is 0 Å². The second-order valence-electron chi connectivity index (χ2n) is 6.18. The summed E-state index contributed by atoms with van der Waals surface area (Å²) in [6, 6.07) is 19.4. The van der Waals surface area contributed by atoms with E-state index in [0.717, 1.165) is 22.0 Å². The molecule has 0 aliphatic heterocycles. The number of benzene rings is 2. The van der Waals surface area contributed by atoms with Gasteiger partial charge < -0.3 is 5.32 Å². The molecule has 134 valence electrons. The molecular formula is C22H18ClN3O. The summed E-state index contributed by atoms with van der Waals surface area (Å²) in [5.74, 6) is -0.422. The zero-order valence-corrected chi connectivity index (χ0v) is 15.6. The largest absolute Gasteiger partial charge is 0.351 e. The van der Waals surface area contributed by atoms with Gasteiger partial charge in [0.2, 0.25) is 0 Å². The average molecular weight is 376 g/mol. The Balaban J connectivity index is 1.77. The zero-order valence-electron chi connectivity index (χ0n) is 14.9. The predicted octanol–water partition coefficient (Wildman–Crippen LogP) is 4.46. The summed E-state index contributed by atoms with van der Waals surface area (Å²) in [6.07, 6.45) is 2.18. The molecule has 0 saturated heterocycles. The summed E-state index contributed by atoms with van der Waals surface area (Å²) in [7, 11) is 0. The Morgan fingerprint density at radius 1 is 1.22 bits per heavy atom. The molecule has 0 unspecified atom stereocenters. The summed E-state index contributed by atoms with van der Waals surface area (Å²) < 4.78 is 0. The number of carbonyl (C=O) groups is 1. The molecule has 2 aromatic carbocycles. The predicted molar refractivity (Wildman–Crippen MR) is 108 cm³/mol. The Bertz CT molecular complexity index is 1050. The Kier molecular flexibility index (Phi) is 5.85. The van der Waals surface area contributed by atoms with E-state index in [1.165, 1.54) is 6.08 Å². The van der Waals surface area contributed by atoms with Crippen molar-refractivity contribution in [2.45, 2.75) is 13.3 Å². The van der Waals surface area contributed by atoms with Crippen molar-refractivity contribution in [2.75, 3.05) is 6.54 Å². The number of aromatic nitrogens is 1. The summed E-state index contributed by atoms with van der Waals surface area (Å²) in [5.41, 5.74) is 3.50. The Hall–Kier alpha value is -3.16. The first-order valence-electron chi connectivity index (χ1n) is 8.58. The Labute approximate surface area is 163 Å². The number of hydrogen-bond donors (Lipinski definition) is 1. The number of fused-ring (bicyclic) bond motifs is 1. The molecule has 27 heavy (non-hydrogen) atoms. The molecule has 0 aliphatic rings. The first kappa shape index (κ1) is 18.6. The van der Waals surface area contributed by atoms with Crippen LogP contribution in [0.2, 0.25) is 5.15 Å². The molecule has 0 aliphatic carbocycles. The molecule has 0 spiro atoms. The first-order valence-corrected chi connectivity index (χ1v) is 8.96. The van der Waals surface area contributed by atoms with Crippen molar-refractivity contribution < 1.29 is 4.79 Å². The highest BCUT2D eigenvalue weighted by atomic mass is 35.5. The standard InChI is InChI=1S/C22H18ClN3O/c1-15-6-5-9-17-12-18(21(23)26-20(15)17)13-19(14-24)22(27)25-11-10-16-7-3-2-4-8-16/h2-9,12-13H,10-11H2,1H3,(H,25,27)/b19-13+. The van der Waals surface area contributed by atoms with E-state index in [-0.39, 0.29) is 10.7 Å². The van der Waals surface area contributed by atoms with Gasteiger partial charge in [-0.05, 0) is 36.6 Å². The molecule has 0 radical (unpaired) electrons. The number of hydrogen-bond acceptors (Lipinski definition) is 3. The van der Waals surface area contributed by atoms with Gasteiger partial charge >= 0.3 is 0 Å². The van der Waals surface area contributed by atoms with Gasteiger partial charge in [0.15, 0.2) is 0 Å². The lowest BCUT2D eigenvalue weighted by molar-refractivity contribution is -0.117. The van der Waals surface area contributed by atoms with Crippen LogP contribution < -0.4 is 5.32 Å². The molecule has 0 saturated carbocycles. The molecule has 3 aromatic rings. The second-order valence-corrected chi connectivity index (χ2v) is 6.53. The maximum atomic E-state index is 12.3. The Morgan fingerprint density at radius 2 is 2.00 bits per heavy atom. The number of pyridine rings is 1. The van der Waals surface area contributed by atoms with E-state index in [1.807, 2.05) is 67.6 Å². The van der Waals surface area contributed by atoms with E-state index in [0.29, 0.717) is 18.5 Å².